The van der Waals surface area contributed by atoms with Crippen LogP contribution in [0.5, 0.6) is 0 Å². The number of nitrogens with zero attached hydrogens (tertiary/aromatic N) is 4. The summed E-state index contributed by atoms with van der Waals surface area (Å²) in [6.07, 6.45) is 7.54. The molecule has 52 heavy (non-hydrogen) atoms. The topological polar surface area (TPSA) is 57.7 Å². The maximum absolute atomic E-state index is 6.48. The van der Waals surface area contributed by atoms with E-state index in [4.69, 9.17) is 23.2 Å². The van der Waals surface area contributed by atoms with E-state index in [1.165, 1.54) is 81.7 Å². The predicted molar refractivity (Wildman–Crippen MR) is 214 cm³/mol. The second kappa shape index (κ2) is 11.3. The van der Waals surface area contributed by atoms with Gasteiger partial charge in [0.15, 0.2) is 0 Å². The molecule has 5 nitrogen and oxygen atoms in total. The summed E-state index contributed by atoms with van der Waals surface area (Å²) in [6, 6.07) is 30.1. The van der Waals surface area contributed by atoms with E-state index in [-0.39, 0.29) is 26.8 Å². The van der Waals surface area contributed by atoms with Crippen molar-refractivity contribution in [1.82, 2.24) is 19.9 Å². The van der Waals surface area contributed by atoms with Gasteiger partial charge >= 0.3 is 0 Å². The Hall–Kier alpha value is -3.93. The first-order valence-electron chi connectivity index (χ1n) is 19.0. The van der Waals surface area contributed by atoms with Gasteiger partial charge in [0.2, 0.25) is 16.5 Å². The summed E-state index contributed by atoms with van der Waals surface area (Å²) in [5.74, 6) is 3.43. The van der Waals surface area contributed by atoms with Crippen molar-refractivity contribution in [1.29, 1.82) is 0 Å². The van der Waals surface area contributed by atoms with Gasteiger partial charge in [-0.05, 0) is 160 Å². The number of H-pyrrole nitrogens is 1. The summed E-state index contributed by atoms with van der Waals surface area (Å²) < 4.78 is 0. The number of hydrogen-bond donors (Lipinski definition) is 1. The molecule has 4 aliphatic carbocycles. The SMILES string of the molecule is CC(C)(C)c1ccc2[nH]c3ccc(C(C)(C)Cc4ccc5c(c4)N(c4nc(Cl)nc(Cl)n4)c4ccccc4C54C5CC6CC(C5)CC4C6)cc3c2c1. The summed E-state index contributed by atoms with van der Waals surface area (Å²) in [5.41, 5.74) is 11.3. The highest BCUT2D eigenvalue weighted by atomic mass is 35.5. The van der Waals surface area contributed by atoms with Crippen LogP contribution in [0.2, 0.25) is 10.6 Å². The molecule has 1 aliphatic heterocycles. The van der Waals surface area contributed by atoms with Crippen LogP contribution in [0.15, 0.2) is 78.9 Å². The lowest BCUT2D eigenvalue weighted by Gasteiger charge is -2.64. The van der Waals surface area contributed by atoms with Crippen LogP contribution in [0.25, 0.3) is 21.8 Å². The van der Waals surface area contributed by atoms with E-state index < -0.39 is 0 Å². The normalized spacial score (nSPS) is 24.9. The number of benzene rings is 4. The van der Waals surface area contributed by atoms with Crippen molar-refractivity contribution in [2.75, 3.05) is 4.90 Å². The first-order valence-corrected chi connectivity index (χ1v) is 19.8. The lowest BCUT2D eigenvalue weighted by atomic mass is 9.41. The number of hydrogen-bond acceptors (Lipinski definition) is 4. The first kappa shape index (κ1) is 32.7. The van der Waals surface area contributed by atoms with Crippen LogP contribution in [-0.2, 0) is 22.7 Å². The van der Waals surface area contributed by atoms with Crippen molar-refractivity contribution >= 4 is 62.3 Å². The monoisotopic (exact) mass is 725 g/mol. The average molecular weight is 727 g/mol. The van der Waals surface area contributed by atoms with Gasteiger partial charge in [0, 0.05) is 27.2 Å². The zero-order valence-corrected chi connectivity index (χ0v) is 32.1. The molecule has 11 rings (SSSR count). The maximum atomic E-state index is 6.48. The fourth-order valence-electron chi connectivity index (χ4n) is 11.4. The van der Waals surface area contributed by atoms with Gasteiger partial charge in [0.05, 0.1) is 11.4 Å². The van der Waals surface area contributed by atoms with Crippen LogP contribution >= 0.6 is 23.2 Å². The summed E-state index contributed by atoms with van der Waals surface area (Å²) in [7, 11) is 0. The number of rotatable bonds is 4. The quantitative estimate of drug-likeness (QED) is 0.196. The molecule has 2 aromatic heterocycles. The molecule has 1 spiro atoms. The van der Waals surface area contributed by atoms with Crippen molar-refractivity contribution in [3.05, 3.63) is 117 Å². The van der Waals surface area contributed by atoms with Crippen LogP contribution in [0.3, 0.4) is 0 Å². The molecular formula is C45H45Cl2N5. The van der Waals surface area contributed by atoms with Crippen LogP contribution in [0, 0.1) is 23.7 Å². The summed E-state index contributed by atoms with van der Waals surface area (Å²) >= 11 is 13.0. The number of halogens is 2. The molecule has 0 atom stereocenters. The molecule has 0 saturated heterocycles. The van der Waals surface area contributed by atoms with Gasteiger partial charge in [-0.25, -0.2) is 0 Å². The fourth-order valence-corrected chi connectivity index (χ4v) is 11.7. The summed E-state index contributed by atoms with van der Waals surface area (Å²) in [5, 5.41) is 2.78. The largest absolute Gasteiger partial charge is 0.355 e. The zero-order chi connectivity index (χ0) is 35.7. The van der Waals surface area contributed by atoms with Crippen LogP contribution < -0.4 is 4.90 Å². The van der Waals surface area contributed by atoms with Crippen molar-refractivity contribution in [3.8, 4) is 0 Å². The number of aromatic amines is 1. The Kier molecular flexibility index (Phi) is 7.10. The molecular weight excluding hydrogens is 681 g/mol. The maximum Gasteiger partial charge on any atom is 0.240 e. The minimum atomic E-state index is -0.134. The Morgan fingerprint density at radius 2 is 1.27 bits per heavy atom. The standard InChI is InChI=1S/C45H45Cl2N5/c1-43(2,3)28-11-14-36-32(22-28)33-23-29(12-15-37(33)48-36)44(4,5)24-25-10-13-35-39(21-25)52(42-50-40(46)49-41(47)51-42)38-9-7-6-8-34(38)45(35)30-17-26-16-27(19-30)20-31(45)18-26/h6-15,21-23,26-27,30-31,48H,16-20,24H2,1-5H3. The Morgan fingerprint density at radius 3 is 1.92 bits per heavy atom. The molecule has 4 saturated carbocycles. The van der Waals surface area contributed by atoms with E-state index in [1.807, 2.05) is 0 Å². The molecule has 0 unspecified atom stereocenters. The van der Waals surface area contributed by atoms with Crippen LogP contribution in [0.4, 0.5) is 17.3 Å². The minimum absolute atomic E-state index is 0.0310. The third-order valence-corrected chi connectivity index (χ3v) is 13.8. The van der Waals surface area contributed by atoms with E-state index in [0.717, 1.165) is 29.6 Å². The van der Waals surface area contributed by atoms with Gasteiger partial charge in [0.1, 0.15) is 0 Å². The Morgan fingerprint density at radius 1 is 0.673 bits per heavy atom. The Bertz CT molecular complexity index is 2370. The Balaban J connectivity index is 1.11. The molecule has 4 bridgehead atoms. The number of anilines is 3. The van der Waals surface area contributed by atoms with Gasteiger partial charge in [-0.15, -0.1) is 0 Å². The molecule has 4 aromatic carbocycles. The van der Waals surface area contributed by atoms with Gasteiger partial charge in [0.25, 0.3) is 0 Å². The third kappa shape index (κ3) is 4.84. The number of nitrogens with one attached hydrogen (secondary N) is 1. The zero-order valence-electron chi connectivity index (χ0n) is 30.6. The highest BCUT2D eigenvalue weighted by Crippen LogP contribution is 2.69. The molecule has 4 fully saturated rings. The van der Waals surface area contributed by atoms with E-state index >= 15 is 0 Å². The first-order chi connectivity index (χ1) is 24.9. The summed E-state index contributed by atoms with van der Waals surface area (Å²) in [4.78, 5) is 19.4. The van der Waals surface area contributed by atoms with Gasteiger partial charge in [-0.1, -0.05) is 77.1 Å². The molecule has 5 aliphatic rings. The minimum Gasteiger partial charge on any atom is -0.355 e. The lowest BCUT2D eigenvalue weighted by Crippen LogP contribution is -2.57. The van der Waals surface area contributed by atoms with Gasteiger partial charge < -0.3 is 4.98 Å². The van der Waals surface area contributed by atoms with E-state index in [0.29, 0.717) is 17.8 Å². The van der Waals surface area contributed by atoms with Crippen molar-refractivity contribution in [2.24, 2.45) is 23.7 Å². The van der Waals surface area contributed by atoms with E-state index in [9.17, 15) is 0 Å². The predicted octanol–water partition coefficient (Wildman–Crippen LogP) is 12.2. The molecule has 1 N–H and O–H groups in total. The number of para-hydroxylation sites is 1. The molecule has 264 valence electrons. The van der Waals surface area contributed by atoms with Crippen molar-refractivity contribution in [3.63, 3.8) is 0 Å². The second-order valence-corrected chi connectivity index (χ2v) is 18.7. The molecule has 6 aromatic rings. The Labute approximate surface area is 316 Å². The van der Waals surface area contributed by atoms with Gasteiger partial charge in [-0.3, -0.25) is 4.90 Å². The average Bonchev–Trinajstić information content (AvgIpc) is 3.46. The van der Waals surface area contributed by atoms with Crippen LogP contribution in [-0.4, -0.2) is 19.9 Å². The number of fused-ring (bicyclic) bond motifs is 5. The second-order valence-electron chi connectivity index (χ2n) is 18.0. The molecule has 0 radical (unpaired) electrons. The number of aromatic nitrogens is 4. The van der Waals surface area contributed by atoms with Crippen molar-refractivity contribution in [2.45, 2.75) is 89.4 Å². The summed E-state index contributed by atoms with van der Waals surface area (Å²) in [6.45, 7) is 11.6. The van der Waals surface area contributed by atoms with Crippen LogP contribution in [0.1, 0.15) is 94.5 Å². The third-order valence-electron chi connectivity index (χ3n) is 13.4. The molecule has 0 amide bonds. The van der Waals surface area contributed by atoms with E-state index in [2.05, 4.69) is 138 Å². The van der Waals surface area contributed by atoms with Gasteiger partial charge in [-0.2, -0.15) is 15.0 Å². The fraction of sp³-hybridized carbons (Fsp3) is 0.400. The highest BCUT2D eigenvalue weighted by molar-refractivity contribution is 6.31. The van der Waals surface area contributed by atoms with Crippen molar-refractivity contribution < 1.29 is 0 Å². The lowest BCUT2D eigenvalue weighted by molar-refractivity contribution is -0.0419. The molecule has 3 heterocycles. The van der Waals surface area contributed by atoms with E-state index in [1.54, 1.807) is 0 Å². The highest BCUT2D eigenvalue weighted by Gasteiger charge is 2.61. The molecule has 7 heteroatoms. The smallest absolute Gasteiger partial charge is 0.240 e.